The van der Waals surface area contributed by atoms with E-state index in [0.717, 1.165) is 37.6 Å². The zero-order chi connectivity index (χ0) is 16.5. The molecule has 1 aliphatic rings. The number of benzene rings is 2. The molecule has 4 rings (SSSR count). The van der Waals surface area contributed by atoms with Gasteiger partial charge in [-0.05, 0) is 62.2 Å². The smallest absolute Gasteiger partial charge is 0.229 e. The summed E-state index contributed by atoms with van der Waals surface area (Å²) >= 11 is 0. The first-order valence-corrected chi connectivity index (χ1v) is 8.73. The van der Waals surface area contributed by atoms with Gasteiger partial charge >= 0.3 is 0 Å². The van der Waals surface area contributed by atoms with Gasteiger partial charge in [0.05, 0.1) is 0 Å². The van der Waals surface area contributed by atoms with Crippen LogP contribution in [0.2, 0.25) is 0 Å². The van der Waals surface area contributed by atoms with Gasteiger partial charge in [0.15, 0.2) is 5.82 Å². The lowest BCUT2D eigenvalue weighted by molar-refractivity contribution is 0.151. The highest BCUT2D eigenvalue weighted by Gasteiger charge is 2.27. The molecule has 2 aromatic carbocycles. The molecule has 4 heteroatoms. The summed E-state index contributed by atoms with van der Waals surface area (Å²) in [5.74, 6) is 1.95. The van der Waals surface area contributed by atoms with Crippen molar-refractivity contribution in [1.29, 1.82) is 0 Å². The fourth-order valence-electron chi connectivity index (χ4n) is 3.69. The predicted molar refractivity (Wildman–Crippen MR) is 94.9 cm³/mol. The van der Waals surface area contributed by atoms with Gasteiger partial charge in [-0.25, -0.2) is 0 Å². The Balaban J connectivity index is 1.46. The van der Waals surface area contributed by atoms with Crippen molar-refractivity contribution in [3.63, 3.8) is 0 Å². The van der Waals surface area contributed by atoms with Crippen LogP contribution in [0.4, 0.5) is 0 Å². The van der Waals surface area contributed by atoms with E-state index in [4.69, 9.17) is 4.52 Å². The summed E-state index contributed by atoms with van der Waals surface area (Å²) < 4.78 is 5.35. The van der Waals surface area contributed by atoms with E-state index in [1.54, 1.807) is 0 Å². The molecule has 1 fully saturated rings. The summed E-state index contributed by atoms with van der Waals surface area (Å²) in [6, 6.07) is 15.8. The van der Waals surface area contributed by atoms with Crippen molar-refractivity contribution < 1.29 is 4.52 Å². The molecule has 1 saturated heterocycles. The number of rotatable bonds is 3. The molecule has 2 heterocycles. The molecule has 3 aromatic rings. The molecule has 1 atom stereocenters. The number of fused-ring (bicyclic) bond motifs is 1. The lowest BCUT2D eigenvalue weighted by Crippen LogP contribution is -2.35. The van der Waals surface area contributed by atoms with E-state index in [-0.39, 0.29) is 0 Å². The molecule has 4 nitrogen and oxygen atoms in total. The molecule has 0 radical (unpaired) electrons. The first-order valence-electron chi connectivity index (χ1n) is 8.73. The molecule has 0 aliphatic carbocycles. The maximum absolute atomic E-state index is 5.35. The highest BCUT2D eigenvalue weighted by atomic mass is 16.5. The predicted octanol–water partition coefficient (Wildman–Crippen LogP) is 4.47. The Morgan fingerprint density at radius 1 is 1.08 bits per heavy atom. The van der Waals surface area contributed by atoms with Crippen LogP contribution < -0.4 is 0 Å². The van der Waals surface area contributed by atoms with Crippen LogP contribution in [-0.4, -0.2) is 28.1 Å². The van der Waals surface area contributed by atoms with E-state index >= 15 is 0 Å². The largest absolute Gasteiger partial charge is 0.339 e. The lowest BCUT2D eigenvalue weighted by Gasteiger charge is -2.35. The highest BCUT2D eigenvalue weighted by molar-refractivity contribution is 5.83. The first-order chi connectivity index (χ1) is 11.7. The maximum atomic E-state index is 5.35. The molecule has 24 heavy (non-hydrogen) atoms. The number of likely N-dealkylation sites (tertiary alicyclic amines) is 1. The molecule has 124 valence electrons. The van der Waals surface area contributed by atoms with E-state index in [9.17, 15) is 0 Å². The molecule has 0 saturated carbocycles. The van der Waals surface area contributed by atoms with E-state index in [1.165, 1.54) is 16.3 Å². The SMILES string of the molecule is Cc1noc(C2CCN(C(C)c3ccc4ccccc4c3)CC2)n1. The molecule has 0 amide bonds. The van der Waals surface area contributed by atoms with E-state index < -0.39 is 0 Å². The van der Waals surface area contributed by atoms with Gasteiger partial charge in [0, 0.05) is 12.0 Å². The van der Waals surface area contributed by atoms with Crippen molar-refractivity contribution in [2.75, 3.05) is 13.1 Å². The minimum absolute atomic E-state index is 0.409. The first kappa shape index (κ1) is 15.3. The molecular weight excluding hydrogens is 298 g/mol. The number of hydrogen-bond donors (Lipinski definition) is 0. The quantitative estimate of drug-likeness (QED) is 0.713. The second kappa shape index (κ2) is 6.36. The van der Waals surface area contributed by atoms with Crippen molar-refractivity contribution in [2.24, 2.45) is 0 Å². The molecule has 1 unspecified atom stereocenters. The summed E-state index contributed by atoms with van der Waals surface area (Å²) in [5, 5.41) is 6.54. The van der Waals surface area contributed by atoms with Crippen LogP contribution in [0.5, 0.6) is 0 Å². The Labute approximate surface area is 142 Å². The van der Waals surface area contributed by atoms with Crippen molar-refractivity contribution in [1.82, 2.24) is 15.0 Å². The molecule has 0 spiro atoms. The van der Waals surface area contributed by atoms with Crippen molar-refractivity contribution >= 4 is 10.8 Å². The van der Waals surface area contributed by atoms with Gasteiger partial charge in [-0.1, -0.05) is 41.6 Å². The van der Waals surface area contributed by atoms with Gasteiger partial charge in [-0.15, -0.1) is 0 Å². The zero-order valence-electron chi connectivity index (χ0n) is 14.3. The average Bonchev–Trinajstić information content (AvgIpc) is 3.07. The normalized spacial score (nSPS) is 18.1. The lowest BCUT2D eigenvalue weighted by atomic mass is 9.94. The summed E-state index contributed by atoms with van der Waals surface area (Å²) in [7, 11) is 0. The van der Waals surface area contributed by atoms with Gasteiger partial charge in [-0.2, -0.15) is 4.98 Å². The average molecular weight is 321 g/mol. The van der Waals surface area contributed by atoms with Crippen LogP contribution in [0.25, 0.3) is 10.8 Å². The summed E-state index contributed by atoms with van der Waals surface area (Å²) in [6.07, 6.45) is 2.17. The van der Waals surface area contributed by atoms with Crippen LogP contribution in [0.15, 0.2) is 47.0 Å². The molecule has 1 aliphatic heterocycles. The van der Waals surface area contributed by atoms with Crippen molar-refractivity contribution in [3.8, 4) is 0 Å². The second-order valence-corrected chi connectivity index (χ2v) is 6.77. The minimum atomic E-state index is 0.409. The van der Waals surface area contributed by atoms with Crippen LogP contribution in [-0.2, 0) is 0 Å². The Morgan fingerprint density at radius 2 is 1.83 bits per heavy atom. The molecule has 1 aromatic heterocycles. The Morgan fingerprint density at radius 3 is 2.54 bits per heavy atom. The molecular formula is C20H23N3O. The van der Waals surface area contributed by atoms with Gasteiger partial charge in [0.25, 0.3) is 0 Å². The number of aryl methyl sites for hydroxylation is 1. The third-order valence-electron chi connectivity index (χ3n) is 5.23. The molecule has 0 N–H and O–H groups in total. The number of piperidine rings is 1. The highest BCUT2D eigenvalue weighted by Crippen LogP contribution is 2.32. The van der Waals surface area contributed by atoms with Crippen molar-refractivity contribution in [2.45, 2.75) is 38.6 Å². The second-order valence-electron chi connectivity index (χ2n) is 6.77. The summed E-state index contributed by atoms with van der Waals surface area (Å²) in [6.45, 7) is 6.32. The maximum Gasteiger partial charge on any atom is 0.229 e. The fourth-order valence-corrected chi connectivity index (χ4v) is 3.69. The number of aromatic nitrogens is 2. The third-order valence-corrected chi connectivity index (χ3v) is 5.23. The topological polar surface area (TPSA) is 42.2 Å². The van der Waals surface area contributed by atoms with Gasteiger partial charge in [0.1, 0.15) is 0 Å². The Bertz CT molecular complexity index is 834. The van der Waals surface area contributed by atoms with Crippen LogP contribution in [0, 0.1) is 6.92 Å². The Hall–Kier alpha value is -2.20. The van der Waals surface area contributed by atoms with E-state index in [2.05, 4.69) is 64.4 Å². The summed E-state index contributed by atoms with van der Waals surface area (Å²) in [4.78, 5) is 6.96. The fraction of sp³-hybridized carbons (Fsp3) is 0.400. The van der Waals surface area contributed by atoms with Crippen molar-refractivity contribution in [3.05, 3.63) is 59.7 Å². The number of hydrogen-bond acceptors (Lipinski definition) is 4. The van der Waals surface area contributed by atoms with Gasteiger partial charge < -0.3 is 4.52 Å². The van der Waals surface area contributed by atoms with Crippen LogP contribution in [0.1, 0.15) is 49.0 Å². The zero-order valence-corrected chi connectivity index (χ0v) is 14.3. The standard InChI is InChI=1S/C20H23N3O/c1-14(18-8-7-16-5-3-4-6-19(16)13-18)23-11-9-17(10-12-23)20-21-15(2)22-24-20/h3-8,13-14,17H,9-12H2,1-2H3. The monoisotopic (exact) mass is 321 g/mol. The summed E-state index contributed by atoms with van der Waals surface area (Å²) in [5.41, 5.74) is 1.39. The molecule has 0 bridgehead atoms. The minimum Gasteiger partial charge on any atom is -0.339 e. The van der Waals surface area contributed by atoms with Crippen LogP contribution >= 0.6 is 0 Å². The van der Waals surface area contributed by atoms with Crippen LogP contribution in [0.3, 0.4) is 0 Å². The van der Waals surface area contributed by atoms with Gasteiger partial charge in [-0.3, -0.25) is 4.90 Å². The van der Waals surface area contributed by atoms with Gasteiger partial charge in [0.2, 0.25) is 5.89 Å². The third kappa shape index (κ3) is 2.94. The Kier molecular flexibility index (Phi) is 4.07. The number of nitrogens with zero attached hydrogens (tertiary/aromatic N) is 3. The van der Waals surface area contributed by atoms with E-state index in [0.29, 0.717) is 12.0 Å². The van der Waals surface area contributed by atoms with E-state index in [1.807, 2.05) is 6.92 Å².